The van der Waals surface area contributed by atoms with Crippen LogP contribution in [0.4, 0.5) is 0 Å². The number of rotatable bonds is 7. The molecule has 1 saturated carbocycles. The summed E-state index contributed by atoms with van der Waals surface area (Å²) in [6, 6.07) is 11.4. The van der Waals surface area contributed by atoms with E-state index in [0.717, 1.165) is 30.5 Å². The average Bonchev–Trinajstić information content (AvgIpc) is 3.19. The lowest BCUT2D eigenvalue weighted by molar-refractivity contribution is -0.121. The Labute approximate surface area is 156 Å². The predicted octanol–water partition coefficient (Wildman–Crippen LogP) is 3.43. The third kappa shape index (κ3) is 3.96. The summed E-state index contributed by atoms with van der Waals surface area (Å²) in [4.78, 5) is 12.2. The van der Waals surface area contributed by atoms with E-state index in [1.165, 1.54) is 0 Å². The van der Waals surface area contributed by atoms with Crippen LogP contribution in [-0.2, 0) is 17.8 Å². The Hall–Kier alpha value is -2.60. The molecule has 0 bridgehead atoms. The highest BCUT2D eigenvalue weighted by Crippen LogP contribution is 2.39. The normalized spacial score (nSPS) is 13.7. The van der Waals surface area contributed by atoms with Crippen LogP contribution in [0.1, 0.15) is 30.2 Å². The van der Waals surface area contributed by atoms with E-state index < -0.39 is 0 Å². The Kier molecular flexibility index (Phi) is 4.75. The number of aromatic nitrogens is 3. The maximum Gasteiger partial charge on any atom is 0.264 e. The van der Waals surface area contributed by atoms with Crippen molar-refractivity contribution in [3.63, 3.8) is 0 Å². The Bertz CT molecular complexity index is 896. The molecule has 134 valence electrons. The van der Waals surface area contributed by atoms with Crippen molar-refractivity contribution >= 4 is 17.5 Å². The van der Waals surface area contributed by atoms with Gasteiger partial charge >= 0.3 is 0 Å². The van der Waals surface area contributed by atoms with Gasteiger partial charge in [0.05, 0.1) is 0 Å². The van der Waals surface area contributed by atoms with Crippen molar-refractivity contribution in [3.8, 4) is 11.6 Å². The van der Waals surface area contributed by atoms with E-state index in [2.05, 4.69) is 15.5 Å². The summed E-state index contributed by atoms with van der Waals surface area (Å²) in [5, 5.41) is 11.9. The standard InChI is InChI=1S/C19H19ClN4O2/c20-15-7-3-13(4-8-15)9-10-21-17(25)12-24-11-1-2-16(24)19-23-22-18(26-19)14-5-6-14/h1-4,7-8,11,14H,5-6,9-10,12H2,(H,21,25). The highest BCUT2D eigenvalue weighted by molar-refractivity contribution is 6.30. The van der Waals surface area contributed by atoms with E-state index in [1.807, 2.05) is 47.2 Å². The quantitative estimate of drug-likeness (QED) is 0.691. The third-order valence-corrected chi connectivity index (χ3v) is 4.63. The highest BCUT2D eigenvalue weighted by Gasteiger charge is 2.29. The smallest absolute Gasteiger partial charge is 0.264 e. The minimum Gasteiger partial charge on any atom is -0.419 e. The molecule has 7 heteroatoms. The molecule has 1 N–H and O–H groups in total. The largest absolute Gasteiger partial charge is 0.419 e. The summed E-state index contributed by atoms with van der Waals surface area (Å²) in [6.07, 6.45) is 4.82. The zero-order chi connectivity index (χ0) is 17.9. The lowest BCUT2D eigenvalue weighted by Gasteiger charge is -2.08. The third-order valence-electron chi connectivity index (χ3n) is 4.38. The van der Waals surface area contributed by atoms with Crippen molar-refractivity contribution in [3.05, 3.63) is 59.1 Å². The maximum absolute atomic E-state index is 12.2. The van der Waals surface area contributed by atoms with E-state index in [1.54, 1.807) is 0 Å². The number of halogens is 1. The minimum atomic E-state index is -0.0571. The molecule has 1 fully saturated rings. The lowest BCUT2D eigenvalue weighted by Crippen LogP contribution is -2.29. The molecule has 26 heavy (non-hydrogen) atoms. The average molecular weight is 371 g/mol. The molecule has 1 aromatic carbocycles. The zero-order valence-electron chi connectivity index (χ0n) is 14.2. The lowest BCUT2D eigenvalue weighted by atomic mass is 10.1. The first-order chi connectivity index (χ1) is 12.7. The van der Waals surface area contributed by atoms with Crippen LogP contribution in [0.15, 0.2) is 47.0 Å². The number of hydrogen-bond donors (Lipinski definition) is 1. The summed E-state index contributed by atoms with van der Waals surface area (Å²) in [5.74, 6) is 1.51. The summed E-state index contributed by atoms with van der Waals surface area (Å²) in [7, 11) is 0. The molecule has 2 aromatic heterocycles. The molecule has 1 aliphatic rings. The van der Waals surface area contributed by atoms with Gasteiger partial charge in [-0.1, -0.05) is 23.7 Å². The maximum atomic E-state index is 12.2. The summed E-state index contributed by atoms with van der Waals surface area (Å²) in [6.45, 7) is 0.785. The summed E-state index contributed by atoms with van der Waals surface area (Å²) < 4.78 is 7.56. The Morgan fingerprint density at radius 3 is 2.81 bits per heavy atom. The Morgan fingerprint density at radius 2 is 2.04 bits per heavy atom. The molecule has 0 saturated heterocycles. The first-order valence-corrected chi connectivity index (χ1v) is 9.07. The van der Waals surface area contributed by atoms with Gasteiger partial charge in [0.2, 0.25) is 11.8 Å². The molecule has 1 amide bonds. The van der Waals surface area contributed by atoms with Gasteiger partial charge in [-0.3, -0.25) is 4.79 Å². The molecule has 0 radical (unpaired) electrons. The van der Waals surface area contributed by atoms with Crippen molar-refractivity contribution in [2.45, 2.75) is 31.7 Å². The van der Waals surface area contributed by atoms with Crippen molar-refractivity contribution in [1.29, 1.82) is 0 Å². The van der Waals surface area contributed by atoms with Gasteiger partial charge in [-0.2, -0.15) is 0 Å². The first kappa shape index (κ1) is 16.8. The van der Waals surface area contributed by atoms with Crippen molar-refractivity contribution in [2.24, 2.45) is 0 Å². The second-order valence-corrected chi connectivity index (χ2v) is 6.90. The predicted molar refractivity (Wildman–Crippen MR) is 97.9 cm³/mol. The molecule has 4 rings (SSSR count). The van der Waals surface area contributed by atoms with Gasteiger partial charge in [0, 0.05) is 23.7 Å². The number of carbonyl (C=O) groups is 1. The second kappa shape index (κ2) is 7.33. The zero-order valence-corrected chi connectivity index (χ0v) is 14.9. The Balaban J connectivity index is 1.33. The van der Waals surface area contributed by atoms with Gasteiger partial charge in [-0.25, -0.2) is 0 Å². The van der Waals surface area contributed by atoms with Crippen molar-refractivity contribution < 1.29 is 9.21 Å². The van der Waals surface area contributed by atoms with Crippen LogP contribution in [0.5, 0.6) is 0 Å². The monoisotopic (exact) mass is 370 g/mol. The van der Waals surface area contributed by atoms with E-state index in [4.69, 9.17) is 16.0 Å². The fourth-order valence-electron chi connectivity index (χ4n) is 2.79. The number of hydrogen-bond acceptors (Lipinski definition) is 4. The van der Waals surface area contributed by atoms with Crippen LogP contribution in [0, 0.1) is 0 Å². The topological polar surface area (TPSA) is 73.0 Å². The van der Waals surface area contributed by atoms with Crippen LogP contribution in [0.2, 0.25) is 5.02 Å². The van der Waals surface area contributed by atoms with Crippen LogP contribution in [0.25, 0.3) is 11.6 Å². The van der Waals surface area contributed by atoms with Gasteiger partial charge in [0.1, 0.15) is 12.2 Å². The molecule has 0 atom stereocenters. The number of benzene rings is 1. The molecular formula is C19H19ClN4O2. The molecule has 0 spiro atoms. The van der Waals surface area contributed by atoms with Crippen molar-refractivity contribution in [1.82, 2.24) is 20.1 Å². The van der Waals surface area contributed by atoms with E-state index in [0.29, 0.717) is 29.3 Å². The van der Waals surface area contributed by atoms with E-state index >= 15 is 0 Å². The number of nitrogens with one attached hydrogen (secondary N) is 1. The number of carbonyl (C=O) groups excluding carboxylic acids is 1. The minimum absolute atomic E-state index is 0.0571. The number of nitrogens with zero attached hydrogens (tertiary/aromatic N) is 3. The molecular weight excluding hydrogens is 352 g/mol. The van der Waals surface area contributed by atoms with Crippen molar-refractivity contribution in [2.75, 3.05) is 6.54 Å². The summed E-state index contributed by atoms with van der Waals surface area (Å²) >= 11 is 5.87. The molecule has 0 unspecified atom stereocenters. The van der Waals surface area contributed by atoms with Crippen LogP contribution < -0.4 is 5.32 Å². The number of amides is 1. The van der Waals surface area contributed by atoms with Gasteiger partial charge in [-0.05, 0) is 49.1 Å². The molecule has 0 aliphatic heterocycles. The van der Waals surface area contributed by atoms with Gasteiger partial charge in [0.25, 0.3) is 5.89 Å². The van der Waals surface area contributed by atoms with Gasteiger partial charge in [0.15, 0.2) is 0 Å². The molecule has 3 aromatic rings. The SMILES string of the molecule is O=C(Cn1cccc1-c1nnc(C2CC2)o1)NCCc1ccc(Cl)cc1. The van der Waals surface area contributed by atoms with Crippen LogP contribution >= 0.6 is 11.6 Å². The van der Waals surface area contributed by atoms with Gasteiger partial charge < -0.3 is 14.3 Å². The molecule has 2 heterocycles. The van der Waals surface area contributed by atoms with E-state index in [-0.39, 0.29) is 12.5 Å². The molecule has 1 aliphatic carbocycles. The fraction of sp³-hybridized carbons (Fsp3) is 0.316. The fourth-order valence-corrected chi connectivity index (χ4v) is 2.91. The van der Waals surface area contributed by atoms with Gasteiger partial charge in [-0.15, -0.1) is 10.2 Å². The first-order valence-electron chi connectivity index (χ1n) is 8.69. The highest BCUT2D eigenvalue weighted by atomic mass is 35.5. The van der Waals surface area contributed by atoms with E-state index in [9.17, 15) is 4.79 Å². The second-order valence-electron chi connectivity index (χ2n) is 6.47. The van der Waals surface area contributed by atoms with Crippen LogP contribution in [0.3, 0.4) is 0 Å². The molecule has 6 nitrogen and oxygen atoms in total. The van der Waals surface area contributed by atoms with Crippen LogP contribution in [-0.4, -0.2) is 27.2 Å². The Morgan fingerprint density at radius 1 is 1.23 bits per heavy atom. The summed E-state index contributed by atoms with van der Waals surface area (Å²) in [5.41, 5.74) is 1.90.